The number of halogens is 1. The van der Waals surface area contributed by atoms with Crippen LogP contribution in [0.2, 0.25) is 0 Å². The van der Waals surface area contributed by atoms with Gasteiger partial charge in [0.2, 0.25) is 0 Å². The molecule has 1 unspecified atom stereocenters. The Balaban J connectivity index is 0.00000192. The molecule has 1 amide bonds. The van der Waals surface area contributed by atoms with Crippen molar-refractivity contribution in [2.45, 2.75) is 32.7 Å². The Hall–Kier alpha value is -1.43. The standard InChI is InChI=1S/C17H21N3OS.ClH/c1-10-3-6-13(11(2)7-10)17-20-15(9-22-17)16(21)19-8-14(18)12-4-5-12;/h3,6-7,9,12,14H,4-5,8,18H2,1-2H3,(H,19,21);1H. The lowest BCUT2D eigenvalue weighted by atomic mass is 10.1. The van der Waals surface area contributed by atoms with Crippen molar-refractivity contribution in [3.05, 3.63) is 40.4 Å². The summed E-state index contributed by atoms with van der Waals surface area (Å²) in [4.78, 5) is 16.6. The van der Waals surface area contributed by atoms with Crippen molar-refractivity contribution in [3.63, 3.8) is 0 Å². The number of amides is 1. The zero-order chi connectivity index (χ0) is 15.7. The van der Waals surface area contributed by atoms with E-state index in [-0.39, 0.29) is 24.4 Å². The first-order valence-corrected chi connectivity index (χ1v) is 8.49. The maximum Gasteiger partial charge on any atom is 0.270 e. The molecule has 124 valence electrons. The Morgan fingerprint density at radius 2 is 2.17 bits per heavy atom. The first-order valence-electron chi connectivity index (χ1n) is 7.61. The number of carbonyl (C=O) groups excluding carboxylic acids is 1. The molecule has 1 atom stereocenters. The van der Waals surface area contributed by atoms with Gasteiger partial charge in [0.25, 0.3) is 5.91 Å². The van der Waals surface area contributed by atoms with Gasteiger partial charge in [-0.1, -0.05) is 23.8 Å². The van der Waals surface area contributed by atoms with E-state index in [0.717, 1.165) is 10.6 Å². The highest BCUT2D eigenvalue weighted by atomic mass is 35.5. The molecular weight excluding hydrogens is 330 g/mol. The van der Waals surface area contributed by atoms with Crippen LogP contribution in [0.4, 0.5) is 0 Å². The Morgan fingerprint density at radius 3 is 2.83 bits per heavy atom. The molecule has 1 aromatic heterocycles. The van der Waals surface area contributed by atoms with Gasteiger partial charge in [0, 0.05) is 23.5 Å². The van der Waals surface area contributed by atoms with E-state index in [1.807, 2.05) is 5.38 Å². The van der Waals surface area contributed by atoms with Crippen LogP contribution in [-0.2, 0) is 0 Å². The third kappa shape index (κ3) is 4.31. The number of benzene rings is 1. The van der Waals surface area contributed by atoms with Crippen LogP contribution in [0.25, 0.3) is 10.6 Å². The predicted octanol–water partition coefficient (Wildman–Crippen LogP) is 3.32. The summed E-state index contributed by atoms with van der Waals surface area (Å²) in [5, 5.41) is 5.58. The van der Waals surface area contributed by atoms with Gasteiger partial charge in [-0.25, -0.2) is 4.98 Å². The van der Waals surface area contributed by atoms with E-state index in [1.165, 1.54) is 35.3 Å². The van der Waals surface area contributed by atoms with Crippen molar-refractivity contribution in [3.8, 4) is 10.6 Å². The molecule has 0 aliphatic heterocycles. The van der Waals surface area contributed by atoms with Gasteiger partial charge in [0.15, 0.2) is 0 Å². The van der Waals surface area contributed by atoms with Crippen molar-refractivity contribution in [1.29, 1.82) is 0 Å². The van der Waals surface area contributed by atoms with Gasteiger partial charge in [-0.05, 0) is 38.2 Å². The molecule has 6 heteroatoms. The Kier molecular flexibility index (Phi) is 5.79. The maximum atomic E-state index is 12.2. The molecular formula is C17H22ClN3OS. The van der Waals surface area contributed by atoms with Gasteiger partial charge in [0.1, 0.15) is 10.7 Å². The number of rotatable bonds is 5. The molecule has 0 saturated heterocycles. The number of hydrogen-bond acceptors (Lipinski definition) is 4. The van der Waals surface area contributed by atoms with Crippen LogP contribution in [0.1, 0.15) is 34.5 Å². The number of nitrogens with zero attached hydrogens (tertiary/aromatic N) is 1. The van der Waals surface area contributed by atoms with E-state index in [2.05, 4.69) is 42.3 Å². The van der Waals surface area contributed by atoms with E-state index in [1.54, 1.807) is 0 Å². The molecule has 1 saturated carbocycles. The normalized spacial score (nSPS) is 14.9. The lowest BCUT2D eigenvalue weighted by molar-refractivity contribution is 0.0946. The van der Waals surface area contributed by atoms with Crippen LogP contribution < -0.4 is 11.1 Å². The van der Waals surface area contributed by atoms with E-state index in [9.17, 15) is 4.79 Å². The summed E-state index contributed by atoms with van der Waals surface area (Å²) in [5.74, 6) is 0.449. The number of nitrogens with one attached hydrogen (secondary N) is 1. The molecule has 1 aromatic carbocycles. The summed E-state index contributed by atoms with van der Waals surface area (Å²) >= 11 is 1.50. The highest BCUT2D eigenvalue weighted by Crippen LogP contribution is 2.31. The van der Waals surface area contributed by atoms with Gasteiger partial charge in [-0.15, -0.1) is 23.7 Å². The SMILES string of the molecule is Cc1ccc(-c2nc(C(=O)NCC(N)C3CC3)cs2)c(C)c1.Cl. The van der Waals surface area contributed by atoms with E-state index < -0.39 is 0 Å². The van der Waals surface area contributed by atoms with Crippen LogP contribution in [0.5, 0.6) is 0 Å². The third-order valence-electron chi connectivity index (χ3n) is 4.07. The molecule has 1 aliphatic rings. The van der Waals surface area contributed by atoms with Gasteiger partial charge >= 0.3 is 0 Å². The van der Waals surface area contributed by atoms with Gasteiger partial charge in [0.05, 0.1) is 0 Å². The van der Waals surface area contributed by atoms with Crippen LogP contribution in [0.3, 0.4) is 0 Å². The fraction of sp³-hybridized carbons (Fsp3) is 0.412. The topological polar surface area (TPSA) is 68.0 Å². The fourth-order valence-electron chi connectivity index (χ4n) is 2.55. The van der Waals surface area contributed by atoms with Crippen molar-refractivity contribution in [1.82, 2.24) is 10.3 Å². The zero-order valence-electron chi connectivity index (χ0n) is 13.3. The number of aryl methyl sites for hydroxylation is 2. The van der Waals surface area contributed by atoms with E-state index >= 15 is 0 Å². The van der Waals surface area contributed by atoms with E-state index in [4.69, 9.17) is 5.73 Å². The Bertz CT molecular complexity index is 697. The summed E-state index contributed by atoms with van der Waals surface area (Å²) in [6.45, 7) is 4.67. The van der Waals surface area contributed by atoms with E-state index in [0.29, 0.717) is 18.2 Å². The minimum absolute atomic E-state index is 0. The summed E-state index contributed by atoms with van der Waals surface area (Å²) in [6.07, 6.45) is 2.37. The maximum absolute atomic E-state index is 12.2. The van der Waals surface area contributed by atoms with Crippen molar-refractivity contribution in [2.75, 3.05) is 6.54 Å². The number of carbonyl (C=O) groups is 1. The zero-order valence-corrected chi connectivity index (χ0v) is 15.0. The number of hydrogen-bond donors (Lipinski definition) is 2. The third-order valence-corrected chi connectivity index (χ3v) is 4.95. The first-order chi connectivity index (χ1) is 10.5. The molecule has 0 bridgehead atoms. The second-order valence-corrected chi connectivity index (χ2v) is 6.93. The molecule has 1 fully saturated rings. The summed E-state index contributed by atoms with van der Waals surface area (Å²) in [7, 11) is 0. The van der Waals surface area contributed by atoms with Crippen LogP contribution in [-0.4, -0.2) is 23.5 Å². The average molecular weight is 352 g/mol. The fourth-order valence-corrected chi connectivity index (χ4v) is 3.44. The van der Waals surface area contributed by atoms with Crippen LogP contribution in [0, 0.1) is 19.8 Å². The quantitative estimate of drug-likeness (QED) is 0.868. The first kappa shape index (κ1) is 17.9. The van der Waals surface area contributed by atoms with Crippen molar-refractivity contribution >= 4 is 29.7 Å². The Morgan fingerprint density at radius 1 is 1.43 bits per heavy atom. The number of nitrogens with two attached hydrogens (primary N) is 1. The minimum atomic E-state index is -0.136. The Labute approximate surface area is 146 Å². The number of thiazole rings is 1. The molecule has 23 heavy (non-hydrogen) atoms. The summed E-state index contributed by atoms with van der Waals surface area (Å²) in [5.41, 5.74) is 9.97. The minimum Gasteiger partial charge on any atom is -0.349 e. The molecule has 1 heterocycles. The van der Waals surface area contributed by atoms with Gasteiger partial charge < -0.3 is 11.1 Å². The molecule has 4 nitrogen and oxygen atoms in total. The molecule has 0 spiro atoms. The summed E-state index contributed by atoms with van der Waals surface area (Å²) < 4.78 is 0. The highest BCUT2D eigenvalue weighted by Gasteiger charge is 2.28. The van der Waals surface area contributed by atoms with Crippen LogP contribution in [0.15, 0.2) is 23.6 Å². The smallest absolute Gasteiger partial charge is 0.270 e. The molecule has 0 radical (unpaired) electrons. The lowest BCUT2D eigenvalue weighted by Gasteiger charge is -2.10. The molecule has 2 aromatic rings. The van der Waals surface area contributed by atoms with Gasteiger partial charge in [-0.3, -0.25) is 4.79 Å². The monoisotopic (exact) mass is 351 g/mol. The second kappa shape index (κ2) is 7.43. The predicted molar refractivity (Wildman–Crippen MR) is 97.3 cm³/mol. The van der Waals surface area contributed by atoms with Gasteiger partial charge in [-0.2, -0.15) is 0 Å². The lowest BCUT2D eigenvalue weighted by Crippen LogP contribution is -2.38. The van der Waals surface area contributed by atoms with Crippen molar-refractivity contribution < 1.29 is 4.79 Å². The highest BCUT2D eigenvalue weighted by molar-refractivity contribution is 7.13. The average Bonchev–Trinajstić information content (AvgIpc) is 3.22. The molecule has 3 rings (SSSR count). The molecule has 3 N–H and O–H groups in total. The largest absolute Gasteiger partial charge is 0.349 e. The molecule has 1 aliphatic carbocycles. The van der Waals surface area contributed by atoms with Crippen LogP contribution >= 0.6 is 23.7 Å². The van der Waals surface area contributed by atoms with Crippen molar-refractivity contribution in [2.24, 2.45) is 11.7 Å². The number of aromatic nitrogens is 1. The summed E-state index contributed by atoms with van der Waals surface area (Å²) in [6, 6.07) is 6.33. The second-order valence-electron chi connectivity index (χ2n) is 6.07.